The number of hydrogen-bond acceptors (Lipinski definition) is 4. The minimum Gasteiger partial charge on any atom is -0.344 e. The van der Waals surface area contributed by atoms with E-state index in [1.807, 2.05) is 0 Å². The average Bonchev–Trinajstić information content (AvgIpc) is 2.36. The minimum absolute atomic E-state index is 0.297. The number of hydrogen-bond donors (Lipinski definition) is 1. The van der Waals surface area contributed by atoms with Crippen LogP contribution in [0.15, 0.2) is 4.99 Å². The Kier molecular flexibility index (Phi) is 2.15. The number of rotatable bonds is 0. The molecule has 2 atom stereocenters. The Bertz CT molecular complexity index is 226. The van der Waals surface area contributed by atoms with E-state index in [1.54, 1.807) is 0 Å². The molecular formula is C9H18N4. The highest BCUT2D eigenvalue weighted by Crippen LogP contribution is 2.16. The van der Waals surface area contributed by atoms with Crippen molar-refractivity contribution in [2.45, 2.75) is 25.4 Å². The molecule has 0 spiro atoms. The molecule has 0 aliphatic carbocycles. The SMILES string of the molecule is CC1CN=C2N(C)CC(N)CCN21. The van der Waals surface area contributed by atoms with Crippen LogP contribution in [0.25, 0.3) is 0 Å². The number of guanidine groups is 1. The zero-order valence-corrected chi connectivity index (χ0v) is 8.40. The van der Waals surface area contributed by atoms with Crippen LogP contribution in [0.2, 0.25) is 0 Å². The van der Waals surface area contributed by atoms with Crippen LogP contribution in [0.1, 0.15) is 13.3 Å². The number of likely N-dealkylation sites (N-methyl/N-ethyl adjacent to an activating group) is 1. The molecular weight excluding hydrogens is 164 g/mol. The first kappa shape index (κ1) is 8.81. The minimum atomic E-state index is 0.297. The fourth-order valence-corrected chi connectivity index (χ4v) is 2.09. The Hall–Kier alpha value is -0.770. The highest BCUT2D eigenvalue weighted by atomic mass is 15.4. The van der Waals surface area contributed by atoms with E-state index in [0.717, 1.165) is 32.0 Å². The third kappa shape index (κ3) is 1.50. The van der Waals surface area contributed by atoms with Crippen molar-refractivity contribution < 1.29 is 0 Å². The fraction of sp³-hybridized carbons (Fsp3) is 0.889. The van der Waals surface area contributed by atoms with Crippen LogP contribution >= 0.6 is 0 Å². The van der Waals surface area contributed by atoms with Crippen LogP contribution in [0, 0.1) is 0 Å². The predicted molar refractivity (Wildman–Crippen MR) is 53.7 cm³/mol. The van der Waals surface area contributed by atoms with Crippen LogP contribution in [0.3, 0.4) is 0 Å². The maximum absolute atomic E-state index is 5.95. The normalized spacial score (nSPS) is 34.2. The molecule has 2 aliphatic heterocycles. The van der Waals surface area contributed by atoms with Crippen LogP contribution in [-0.2, 0) is 0 Å². The molecule has 4 nitrogen and oxygen atoms in total. The molecule has 4 heteroatoms. The lowest BCUT2D eigenvalue weighted by Crippen LogP contribution is -2.42. The zero-order chi connectivity index (χ0) is 9.42. The summed E-state index contributed by atoms with van der Waals surface area (Å²) in [5.74, 6) is 1.14. The lowest BCUT2D eigenvalue weighted by atomic mass is 10.2. The van der Waals surface area contributed by atoms with Crippen molar-refractivity contribution in [3.05, 3.63) is 0 Å². The van der Waals surface area contributed by atoms with E-state index in [-0.39, 0.29) is 0 Å². The lowest BCUT2D eigenvalue weighted by Gasteiger charge is -2.27. The first-order chi connectivity index (χ1) is 6.18. The third-order valence-electron chi connectivity index (χ3n) is 2.88. The Morgan fingerprint density at radius 2 is 2.31 bits per heavy atom. The molecule has 0 radical (unpaired) electrons. The number of aliphatic imine (C=N–C) groups is 1. The van der Waals surface area contributed by atoms with Crippen molar-refractivity contribution in [1.82, 2.24) is 9.80 Å². The molecule has 13 heavy (non-hydrogen) atoms. The predicted octanol–water partition coefficient (Wildman–Crippen LogP) is -0.291. The van der Waals surface area contributed by atoms with Crippen molar-refractivity contribution in [1.29, 1.82) is 0 Å². The van der Waals surface area contributed by atoms with E-state index < -0.39 is 0 Å². The van der Waals surface area contributed by atoms with Crippen molar-refractivity contribution >= 4 is 5.96 Å². The van der Waals surface area contributed by atoms with Crippen LogP contribution in [0.4, 0.5) is 0 Å². The molecule has 2 aliphatic rings. The van der Waals surface area contributed by atoms with Gasteiger partial charge >= 0.3 is 0 Å². The summed E-state index contributed by atoms with van der Waals surface area (Å²) < 4.78 is 0. The summed E-state index contributed by atoms with van der Waals surface area (Å²) in [6.07, 6.45) is 1.08. The van der Waals surface area contributed by atoms with E-state index in [2.05, 4.69) is 28.8 Å². The summed E-state index contributed by atoms with van der Waals surface area (Å²) in [5, 5.41) is 0. The summed E-state index contributed by atoms with van der Waals surface area (Å²) in [6.45, 7) is 5.16. The monoisotopic (exact) mass is 182 g/mol. The molecule has 2 N–H and O–H groups in total. The molecule has 2 rings (SSSR count). The largest absolute Gasteiger partial charge is 0.344 e. The molecule has 74 valence electrons. The maximum atomic E-state index is 5.95. The first-order valence-electron chi connectivity index (χ1n) is 4.96. The van der Waals surface area contributed by atoms with Crippen molar-refractivity contribution in [3.63, 3.8) is 0 Å². The first-order valence-corrected chi connectivity index (χ1v) is 4.96. The van der Waals surface area contributed by atoms with Crippen LogP contribution in [-0.4, -0.2) is 54.5 Å². The molecule has 0 saturated carbocycles. The molecule has 1 fully saturated rings. The van der Waals surface area contributed by atoms with E-state index in [0.29, 0.717) is 12.1 Å². The second-order valence-corrected chi connectivity index (χ2v) is 4.11. The van der Waals surface area contributed by atoms with Gasteiger partial charge in [0, 0.05) is 32.2 Å². The van der Waals surface area contributed by atoms with Crippen molar-refractivity contribution in [3.8, 4) is 0 Å². The van der Waals surface area contributed by atoms with E-state index >= 15 is 0 Å². The quantitative estimate of drug-likeness (QED) is 0.560. The van der Waals surface area contributed by atoms with Gasteiger partial charge in [-0.05, 0) is 13.3 Å². The molecule has 2 heterocycles. The van der Waals surface area contributed by atoms with Gasteiger partial charge < -0.3 is 15.5 Å². The molecule has 0 amide bonds. The van der Waals surface area contributed by atoms with E-state index in [9.17, 15) is 0 Å². The topological polar surface area (TPSA) is 44.9 Å². The van der Waals surface area contributed by atoms with Crippen molar-refractivity contribution in [2.24, 2.45) is 10.7 Å². The van der Waals surface area contributed by atoms with Crippen LogP contribution < -0.4 is 5.73 Å². The molecule has 0 aromatic heterocycles. The van der Waals surface area contributed by atoms with Crippen LogP contribution in [0.5, 0.6) is 0 Å². The Balaban J connectivity index is 2.16. The van der Waals surface area contributed by atoms with Gasteiger partial charge in [0.25, 0.3) is 0 Å². The Morgan fingerprint density at radius 3 is 3.08 bits per heavy atom. The summed E-state index contributed by atoms with van der Waals surface area (Å²) in [7, 11) is 2.08. The lowest BCUT2D eigenvalue weighted by molar-refractivity contribution is 0.343. The van der Waals surface area contributed by atoms with Crippen molar-refractivity contribution in [2.75, 3.05) is 26.7 Å². The van der Waals surface area contributed by atoms with Gasteiger partial charge in [0.15, 0.2) is 5.96 Å². The van der Waals surface area contributed by atoms with Gasteiger partial charge in [-0.25, -0.2) is 0 Å². The second kappa shape index (κ2) is 3.18. The summed E-state index contributed by atoms with van der Waals surface area (Å²) in [5.41, 5.74) is 5.95. The molecule has 2 unspecified atom stereocenters. The number of fused-ring (bicyclic) bond motifs is 1. The summed E-state index contributed by atoms with van der Waals surface area (Å²) in [6, 6.07) is 0.855. The second-order valence-electron chi connectivity index (χ2n) is 4.11. The summed E-state index contributed by atoms with van der Waals surface area (Å²) >= 11 is 0. The van der Waals surface area contributed by atoms with E-state index in [4.69, 9.17) is 5.73 Å². The van der Waals surface area contributed by atoms with Gasteiger partial charge in [-0.2, -0.15) is 0 Å². The third-order valence-corrected chi connectivity index (χ3v) is 2.88. The number of nitrogens with two attached hydrogens (primary N) is 1. The van der Waals surface area contributed by atoms with Gasteiger partial charge in [-0.3, -0.25) is 4.99 Å². The fourth-order valence-electron chi connectivity index (χ4n) is 2.09. The maximum Gasteiger partial charge on any atom is 0.196 e. The smallest absolute Gasteiger partial charge is 0.196 e. The standard InChI is InChI=1S/C9H18N4/c1-7-5-11-9-12(2)6-8(10)3-4-13(7)9/h7-8H,3-6,10H2,1-2H3. The molecule has 0 bridgehead atoms. The molecule has 1 saturated heterocycles. The average molecular weight is 182 g/mol. The Labute approximate surface area is 79.4 Å². The number of nitrogens with zero attached hydrogens (tertiary/aromatic N) is 3. The van der Waals surface area contributed by atoms with Gasteiger partial charge in [-0.1, -0.05) is 0 Å². The van der Waals surface area contributed by atoms with Gasteiger partial charge in [0.05, 0.1) is 6.54 Å². The molecule has 0 aromatic rings. The summed E-state index contributed by atoms with van der Waals surface area (Å²) in [4.78, 5) is 9.08. The Morgan fingerprint density at radius 1 is 1.54 bits per heavy atom. The van der Waals surface area contributed by atoms with Gasteiger partial charge in [-0.15, -0.1) is 0 Å². The van der Waals surface area contributed by atoms with Gasteiger partial charge in [0.1, 0.15) is 0 Å². The van der Waals surface area contributed by atoms with Gasteiger partial charge in [0.2, 0.25) is 0 Å². The van der Waals surface area contributed by atoms with E-state index in [1.165, 1.54) is 0 Å². The zero-order valence-electron chi connectivity index (χ0n) is 8.40. The highest BCUT2D eigenvalue weighted by Gasteiger charge is 2.30. The highest BCUT2D eigenvalue weighted by molar-refractivity contribution is 5.82. The molecule has 0 aromatic carbocycles.